The van der Waals surface area contributed by atoms with Crippen molar-refractivity contribution in [1.82, 2.24) is 14.8 Å². The summed E-state index contributed by atoms with van der Waals surface area (Å²) < 4.78 is 1.87. The van der Waals surface area contributed by atoms with E-state index in [2.05, 4.69) is 21.5 Å². The quantitative estimate of drug-likeness (QED) is 0.391. The summed E-state index contributed by atoms with van der Waals surface area (Å²) in [6, 6.07) is 13.6. The van der Waals surface area contributed by atoms with Gasteiger partial charge in [-0.3, -0.25) is 9.48 Å². The summed E-state index contributed by atoms with van der Waals surface area (Å²) in [6.07, 6.45) is 3.05. The second-order valence-electron chi connectivity index (χ2n) is 7.36. The number of nitrogens with one attached hydrogen (secondary N) is 2. The van der Waals surface area contributed by atoms with E-state index >= 15 is 0 Å². The van der Waals surface area contributed by atoms with Crippen LogP contribution < -0.4 is 5.32 Å². The van der Waals surface area contributed by atoms with Crippen molar-refractivity contribution in [3.8, 4) is 0 Å². The fourth-order valence-corrected chi connectivity index (χ4v) is 3.95. The second kappa shape index (κ2) is 8.54. The maximum Gasteiger partial charge on any atom is 0.224 e. The van der Waals surface area contributed by atoms with E-state index in [0.717, 1.165) is 39.1 Å². The Morgan fingerprint density at radius 3 is 2.73 bits per heavy atom. The number of carbonyl (C=O) groups excluding carboxylic acids is 1. The van der Waals surface area contributed by atoms with E-state index in [1.54, 1.807) is 6.07 Å². The van der Waals surface area contributed by atoms with Gasteiger partial charge in [-0.1, -0.05) is 47.5 Å². The average Bonchev–Trinajstić information content (AvgIpc) is 3.25. The van der Waals surface area contributed by atoms with Gasteiger partial charge >= 0.3 is 0 Å². The number of carbonyl (C=O) groups is 1. The Bertz CT molecular complexity index is 1230. The van der Waals surface area contributed by atoms with Crippen molar-refractivity contribution in [2.75, 3.05) is 5.32 Å². The molecule has 0 fully saturated rings. The standard InChI is InChI=1S/C23H22Cl2N4O/c1-14-23(15(2)29(28-14)13-16-7-9-19(24)20(25)11-16)27-22(30)10-8-17-12-26-21-6-4-3-5-18(17)21/h3-7,9,11-12,26H,8,10,13H2,1-2H3,(H,27,30). The largest absolute Gasteiger partial charge is 0.361 e. The van der Waals surface area contributed by atoms with Crippen LogP contribution in [-0.2, 0) is 17.8 Å². The lowest BCUT2D eigenvalue weighted by molar-refractivity contribution is -0.116. The molecule has 7 heteroatoms. The van der Waals surface area contributed by atoms with Crippen LogP contribution in [-0.4, -0.2) is 20.7 Å². The Morgan fingerprint density at radius 2 is 1.93 bits per heavy atom. The van der Waals surface area contributed by atoms with E-state index < -0.39 is 0 Å². The van der Waals surface area contributed by atoms with Crippen molar-refractivity contribution in [2.24, 2.45) is 0 Å². The van der Waals surface area contributed by atoms with Gasteiger partial charge in [0.05, 0.1) is 33.7 Å². The molecule has 2 heterocycles. The molecule has 0 radical (unpaired) electrons. The van der Waals surface area contributed by atoms with Gasteiger partial charge in [-0.15, -0.1) is 0 Å². The van der Waals surface area contributed by atoms with Crippen molar-refractivity contribution in [3.05, 3.63) is 81.2 Å². The number of H-pyrrole nitrogens is 1. The lowest BCUT2D eigenvalue weighted by Gasteiger charge is -2.08. The summed E-state index contributed by atoms with van der Waals surface area (Å²) in [5.41, 5.74) is 5.67. The van der Waals surface area contributed by atoms with Gasteiger partial charge in [-0.05, 0) is 49.6 Å². The van der Waals surface area contributed by atoms with Crippen LogP contribution in [0, 0.1) is 13.8 Å². The number of halogens is 2. The highest BCUT2D eigenvalue weighted by molar-refractivity contribution is 6.42. The Hall–Kier alpha value is -2.76. The lowest BCUT2D eigenvalue weighted by atomic mass is 10.1. The van der Waals surface area contributed by atoms with Crippen molar-refractivity contribution in [1.29, 1.82) is 0 Å². The third kappa shape index (κ3) is 4.23. The van der Waals surface area contributed by atoms with E-state index in [1.807, 2.05) is 55.1 Å². The molecule has 0 bridgehead atoms. The van der Waals surface area contributed by atoms with E-state index in [4.69, 9.17) is 23.2 Å². The van der Waals surface area contributed by atoms with E-state index in [0.29, 0.717) is 29.4 Å². The highest BCUT2D eigenvalue weighted by Crippen LogP contribution is 2.25. The van der Waals surface area contributed by atoms with Gasteiger partial charge < -0.3 is 10.3 Å². The molecule has 0 saturated heterocycles. The fraction of sp³-hybridized carbons (Fsp3) is 0.217. The molecule has 30 heavy (non-hydrogen) atoms. The van der Waals surface area contributed by atoms with Crippen molar-refractivity contribution in [2.45, 2.75) is 33.2 Å². The number of aromatic nitrogens is 3. The highest BCUT2D eigenvalue weighted by atomic mass is 35.5. The Morgan fingerprint density at radius 1 is 1.13 bits per heavy atom. The summed E-state index contributed by atoms with van der Waals surface area (Å²) in [6.45, 7) is 4.40. The minimum absolute atomic E-state index is 0.0273. The fourth-order valence-electron chi connectivity index (χ4n) is 3.63. The zero-order valence-electron chi connectivity index (χ0n) is 16.8. The summed E-state index contributed by atoms with van der Waals surface area (Å²) in [4.78, 5) is 15.9. The topological polar surface area (TPSA) is 62.7 Å². The molecule has 0 aliphatic carbocycles. The molecule has 1 amide bonds. The van der Waals surface area contributed by atoms with Crippen LogP contribution >= 0.6 is 23.2 Å². The summed E-state index contributed by atoms with van der Waals surface area (Å²) in [7, 11) is 0. The number of anilines is 1. The molecule has 5 nitrogen and oxygen atoms in total. The number of aromatic amines is 1. The van der Waals surface area contributed by atoms with E-state index in [9.17, 15) is 4.79 Å². The number of nitrogens with zero attached hydrogens (tertiary/aromatic N) is 2. The summed E-state index contributed by atoms with van der Waals surface area (Å²) in [5.74, 6) is -0.0273. The van der Waals surface area contributed by atoms with Gasteiger partial charge in [0.25, 0.3) is 0 Å². The van der Waals surface area contributed by atoms with E-state index in [-0.39, 0.29) is 5.91 Å². The van der Waals surface area contributed by atoms with Gasteiger partial charge in [0.2, 0.25) is 5.91 Å². The molecule has 0 aliphatic heterocycles. The number of hydrogen-bond acceptors (Lipinski definition) is 2. The summed E-state index contributed by atoms with van der Waals surface area (Å²) >= 11 is 12.1. The van der Waals surface area contributed by atoms with Gasteiger partial charge in [0.1, 0.15) is 0 Å². The number of aryl methyl sites for hydroxylation is 2. The summed E-state index contributed by atoms with van der Waals surface area (Å²) in [5, 5.41) is 9.82. The van der Waals surface area contributed by atoms with Gasteiger partial charge in [-0.2, -0.15) is 5.10 Å². The molecule has 2 aromatic carbocycles. The van der Waals surface area contributed by atoms with Crippen molar-refractivity contribution >= 4 is 45.7 Å². The zero-order chi connectivity index (χ0) is 21.3. The van der Waals surface area contributed by atoms with Gasteiger partial charge in [0.15, 0.2) is 0 Å². The Balaban J connectivity index is 1.44. The molecular weight excluding hydrogens is 419 g/mol. The first-order valence-electron chi connectivity index (χ1n) is 9.75. The second-order valence-corrected chi connectivity index (χ2v) is 8.17. The normalized spacial score (nSPS) is 11.2. The van der Waals surface area contributed by atoms with Crippen LogP contribution in [0.15, 0.2) is 48.7 Å². The Labute approximate surface area is 185 Å². The minimum atomic E-state index is -0.0273. The number of rotatable bonds is 6. The number of benzene rings is 2. The molecule has 0 aliphatic rings. The first-order valence-corrected chi connectivity index (χ1v) is 10.5. The molecule has 0 atom stereocenters. The number of fused-ring (bicyclic) bond motifs is 1. The van der Waals surface area contributed by atoms with Crippen molar-refractivity contribution < 1.29 is 4.79 Å². The van der Waals surface area contributed by atoms with Crippen LogP contribution in [0.2, 0.25) is 10.0 Å². The maximum atomic E-state index is 12.6. The first kappa shape index (κ1) is 20.5. The molecule has 4 rings (SSSR count). The van der Waals surface area contributed by atoms with Crippen LogP contribution in [0.1, 0.15) is 28.9 Å². The minimum Gasteiger partial charge on any atom is -0.361 e. The molecule has 0 unspecified atom stereocenters. The average molecular weight is 441 g/mol. The first-order chi connectivity index (χ1) is 14.4. The SMILES string of the molecule is Cc1nn(Cc2ccc(Cl)c(Cl)c2)c(C)c1NC(=O)CCc1c[nH]c2ccccc12. The van der Waals surface area contributed by atoms with Crippen LogP contribution in [0.25, 0.3) is 10.9 Å². The number of para-hydroxylation sites is 1. The molecule has 154 valence electrons. The van der Waals surface area contributed by atoms with E-state index in [1.165, 1.54) is 0 Å². The number of amides is 1. The molecule has 0 saturated carbocycles. The van der Waals surface area contributed by atoms with Crippen LogP contribution in [0.3, 0.4) is 0 Å². The number of hydrogen-bond donors (Lipinski definition) is 2. The van der Waals surface area contributed by atoms with Crippen LogP contribution in [0.5, 0.6) is 0 Å². The van der Waals surface area contributed by atoms with Gasteiger partial charge in [0, 0.05) is 23.5 Å². The zero-order valence-corrected chi connectivity index (χ0v) is 18.3. The lowest BCUT2D eigenvalue weighted by Crippen LogP contribution is -2.13. The van der Waals surface area contributed by atoms with Gasteiger partial charge in [-0.25, -0.2) is 0 Å². The third-order valence-corrected chi connectivity index (χ3v) is 6.00. The highest BCUT2D eigenvalue weighted by Gasteiger charge is 2.15. The molecular formula is C23H22Cl2N4O. The van der Waals surface area contributed by atoms with Crippen LogP contribution in [0.4, 0.5) is 5.69 Å². The molecule has 2 aromatic heterocycles. The smallest absolute Gasteiger partial charge is 0.224 e. The molecule has 2 N–H and O–H groups in total. The third-order valence-electron chi connectivity index (χ3n) is 5.26. The molecule has 4 aromatic rings. The predicted octanol–water partition coefficient (Wildman–Crippen LogP) is 5.91. The molecule has 0 spiro atoms. The monoisotopic (exact) mass is 440 g/mol. The van der Waals surface area contributed by atoms with Crippen molar-refractivity contribution in [3.63, 3.8) is 0 Å². The Kier molecular flexibility index (Phi) is 5.84. The predicted molar refractivity (Wildman–Crippen MR) is 123 cm³/mol. The maximum absolute atomic E-state index is 12.6.